The first kappa shape index (κ1) is 12.3. The van der Waals surface area contributed by atoms with Gasteiger partial charge in [-0.15, -0.1) is 0 Å². The smallest absolute Gasteiger partial charge is 0.145 e. The molecule has 1 aliphatic rings. The highest BCUT2D eigenvalue weighted by Crippen LogP contribution is 2.18. The first-order valence-electron chi connectivity index (χ1n) is 6.66. The van der Waals surface area contributed by atoms with Crippen LogP contribution in [0.2, 0.25) is 0 Å². The number of likely N-dealkylation sites (N-methyl/N-ethyl adjacent to an activating group) is 1. The molecule has 1 aromatic heterocycles. The van der Waals surface area contributed by atoms with Crippen LogP contribution in [0.25, 0.3) is 10.9 Å². The fourth-order valence-electron chi connectivity index (χ4n) is 2.59. The highest BCUT2D eigenvalue weighted by Gasteiger charge is 2.20. The maximum absolute atomic E-state index is 6.00. The predicted molar refractivity (Wildman–Crippen MR) is 76.7 cm³/mol. The van der Waals surface area contributed by atoms with E-state index in [9.17, 15) is 0 Å². The third-order valence-electron chi connectivity index (χ3n) is 3.73. The Morgan fingerprint density at radius 2 is 2.21 bits per heavy atom. The minimum atomic E-state index is 0.566. The van der Waals surface area contributed by atoms with Gasteiger partial charge in [-0.1, -0.05) is 12.1 Å². The molecule has 3 N–H and O–H groups in total. The summed E-state index contributed by atoms with van der Waals surface area (Å²) in [6.07, 6.45) is 1.18. The summed E-state index contributed by atoms with van der Waals surface area (Å²) in [5.41, 5.74) is 6.92. The molecule has 5 nitrogen and oxygen atoms in total. The Labute approximate surface area is 112 Å². The summed E-state index contributed by atoms with van der Waals surface area (Å²) in [4.78, 5) is 11.3. The number of hydrogen-bond acceptors (Lipinski definition) is 5. The van der Waals surface area contributed by atoms with Crippen LogP contribution in [-0.2, 0) is 6.54 Å². The Kier molecular flexibility index (Phi) is 3.31. The van der Waals surface area contributed by atoms with Crippen molar-refractivity contribution in [1.29, 1.82) is 0 Å². The van der Waals surface area contributed by atoms with Crippen LogP contribution in [0, 0.1) is 0 Å². The number of rotatable bonds is 3. The monoisotopic (exact) mass is 257 g/mol. The lowest BCUT2D eigenvalue weighted by atomic mass is 10.2. The van der Waals surface area contributed by atoms with Gasteiger partial charge in [-0.2, -0.15) is 0 Å². The highest BCUT2D eigenvalue weighted by molar-refractivity contribution is 5.87. The molecule has 0 aliphatic carbocycles. The van der Waals surface area contributed by atoms with E-state index >= 15 is 0 Å². The standard InChI is InChI=1S/C14H19N5/c1-19(10-6-7-16-8-10)9-13-17-12-5-3-2-4-11(12)14(15)18-13/h2-5,10,16H,6-9H2,1H3,(H2,15,17,18). The van der Waals surface area contributed by atoms with Gasteiger partial charge in [-0.25, -0.2) is 9.97 Å². The Morgan fingerprint density at radius 1 is 1.37 bits per heavy atom. The average molecular weight is 257 g/mol. The van der Waals surface area contributed by atoms with Crippen LogP contribution < -0.4 is 11.1 Å². The van der Waals surface area contributed by atoms with Crippen LogP contribution in [0.15, 0.2) is 24.3 Å². The summed E-state index contributed by atoms with van der Waals surface area (Å²) in [6, 6.07) is 8.44. The van der Waals surface area contributed by atoms with Crippen molar-refractivity contribution in [2.45, 2.75) is 19.0 Å². The predicted octanol–water partition coefficient (Wildman–Crippen LogP) is 1.01. The van der Waals surface area contributed by atoms with E-state index in [0.29, 0.717) is 11.9 Å². The number of benzene rings is 1. The molecule has 2 heterocycles. The fourth-order valence-corrected chi connectivity index (χ4v) is 2.59. The third-order valence-corrected chi connectivity index (χ3v) is 3.73. The molecular formula is C14H19N5. The molecule has 1 atom stereocenters. The minimum Gasteiger partial charge on any atom is -0.383 e. The molecule has 3 rings (SSSR count). The van der Waals surface area contributed by atoms with Gasteiger partial charge in [0.05, 0.1) is 12.1 Å². The van der Waals surface area contributed by atoms with E-state index in [-0.39, 0.29) is 0 Å². The number of anilines is 1. The van der Waals surface area contributed by atoms with Crippen LogP contribution in [0.5, 0.6) is 0 Å². The maximum Gasteiger partial charge on any atom is 0.145 e. The van der Waals surface area contributed by atoms with Crippen LogP contribution in [0.3, 0.4) is 0 Å². The van der Waals surface area contributed by atoms with Crippen molar-refractivity contribution < 1.29 is 0 Å². The molecule has 2 aromatic rings. The van der Waals surface area contributed by atoms with Crippen LogP contribution in [0.1, 0.15) is 12.2 Å². The number of nitrogens with two attached hydrogens (primary N) is 1. The van der Waals surface area contributed by atoms with E-state index < -0.39 is 0 Å². The van der Waals surface area contributed by atoms with Crippen molar-refractivity contribution in [3.63, 3.8) is 0 Å². The van der Waals surface area contributed by atoms with Gasteiger partial charge in [0.25, 0.3) is 0 Å². The number of nitrogens with one attached hydrogen (secondary N) is 1. The zero-order chi connectivity index (χ0) is 13.2. The Balaban J connectivity index is 1.84. The lowest BCUT2D eigenvalue weighted by molar-refractivity contribution is 0.243. The molecule has 100 valence electrons. The number of nitrogens with zero attached hydrogens (tertiary/aromatic N) is 3. The molecule has 1 fully saturated rings. The van der Waals surface area contributed by atoms with Gasteiger partial charge in [-0.05, 0) is 32.1 Å². The molecule has 0 amide bonds. The molecule has 19 heavy (non-hydrogen) atoms. The Bertz CT molecular complexity index is 577. The van der Waals surface area contributed by atoms with E-state index in [0.717, 1.165) is 36.4 Å². The molecule has 0 bridgehead atoms. The van der Waals surface area contributed by atoms with Gasteiger partial charge in [0.1, 0.15) is 11.6 Å². The lowest BCUT2D eigenvalue weighted by Gasteiger charge is -2.22. The number of aromatic nitrogens is 2. The van der Waals surface area contributed by atoms with Crippen molar-refractivity contribution in [2.24, 2.45) is 0 Å². The first-order chi connectivity index (χ1) is 9.24. The van der Waals surface area contributed by atoms with Crippen molar-refractivity contribution in [3.8, 4) is 0 Å². The normalized spacial score (nSPS) is 19.4. The summed E-state index contributed by atoms with van der Waals surface area (Å²) in [5.74, 6) is 1.36. The van der Waals surface area contributed by atoms with E-state index in [1.807, 2.05) is 24.3 Å². The Morgan fingerprint density at radius 3 is 3.00 bits per heavy atom. The van der Waals surface area contributed by atoms with Crippen molar-refractivity contribution in [1.82, 2.24) is 20.2 Å². The summed E-state index contributed by atoms with van der Waals surface area (Å²) >= 11 is 0. The first-order valence-corrected chi connectivity index (χ1v) is 6.66. The molecule has 0 radical (unpaired) electrons. The number of nitrogen functional groups attached to an aromatic ring is 1. The molecule has 1 unspecified atom stereocenters. The largest absolute Gasteiger partial charge is 0.383 e. The maximum atomic E-state index is 6.00. The van der Waals surface area contributed by atoms with Gasteiger partial charge in [0.15, 0.2) is 0 Å². The second kappa shape index (κ2) is 5.11. The van der Waals surface area contributed by atoms with E-state index in [2.05, 4.69) is 27.2 Å². The van der Waals surface area contributed by atoms with E-state index in [1.54, 1.807) is 0 Å². The zero-order valence-electron chi connectivity index (χ0n) is 11.1. The highest BCUT2D eigenvalue weighted by atomic mass is 15.2. The van der Waals surface area contributed by atoms with Crippen molar-refractivity contribution in [3.05, 3.63) is 30.1 Å². The van der Waals surface area contributed by atoms with Gasteiger partial charge in [0.2, 0.25) is 0 Å². The van der Waals surface area contributed by atoms with Gasteiger partial charge in [-0.3, -0.25) is 4.90 Å². The van der Waals surface area contributed by atoms with Gasteiger partial charge >= 0.3 is 0 Å². The van der Waals surface area contributed by atoms with Gasteiger partial charge < -0.3 is 11.1 Å². The van der Waals surface area contributed by atoms with E-state index in [4.69, 9.17) is 5.73 Å². The topological polar surface area (TPSA) is 67.1 Å². The van der Waals surface area contributed by atoms with E-state index in [1.165, 1.54) is 6.42 Å². The van der Waals surface area contributed by atoms with Crippen molar-refractivity contribution >= 4 is 16.7 Å². The van der Waals surface area contributed by atoms with Gasteiger partial charge in [0, 0.05) is 18.0 Å². The molecule has 5 heteroatoms. The van der Waals surface area contributed by atoms with Crippen LogP contribution in [-0.4, -0.2) is 41.0 Å². The molecule has 1 aromatic carbocycles. The SMILES string of the molecule is CN(Cc1nc(N)c2ccccc2n1)C1CCNC1. The zero-order valence-corrected chi connectivity index (χ0v) is 11.1. The molecule has 0 saturated carbocycles. The Hall–Kier alpha value is -1.72. The minimum absolute atomic E-state index is 0.566. The second-order valence-electron chi connectivity index (χ2n) is 5.10. The third kappa shape index (κ3) is 2.52. The fraction of sp³-hybridized carbons (Fsp3) is 0.429. The van der Waals surface area contributed by atoms with Crippen molar-refractivity contribution in [2.75, 3.05) is 25.9 Å². The summed E-state index contributed by atoms with van der Waals surface area (Å²) in [7, 11) is 2.12. The summed E-state index contributed by atoms with van der Waals surface area (Å²) < 4.78 is 0. The number of para-hydroxylation sites is 1. The molecule has 1 aliphatic heterocycles. The van der Waals surface area contributed by atoms with Crippen LogP contribution in [0.4, 0.5) is 5.82 Å². The lowest BCUT2D eigenvalue weighted by Crippen LogP contribution is -2.33. The second-order valence-corrected chi connectivity index (χ2v) is 5.10. The quantitative estimate of drug-likeness (QED) is 0.859. The van der Waals surface area contributed by atoms with Crippen LogP contribution >= 0.6 is 0 Å². The average Bonchev–Trinajstić information content (AvgIpc) is 2.93. The molecule has 0 spiro atoms. The summed E-state index contributed by atoms with van der Waals surface area (Å²) in [5, 5.41) is 4.30. The number of hydrogen-bond donors (Lipinski definition) is 2. The molecule has 1 saturated heterocycles. The number of fused-ring (bicyclic) bond motifs is 1. The summed E-state index contributed by atoms with van der Waals surface area (Å²) in [6.45, 7) is 2.87. The molecular weight excluding hydrogens is 238 g/mol.